The predicted molar refractivity (Wildman–Crippen MR) is 70.2 cm³/mol. The van der Waals surface area contributed by atoms with Gasteiger partial charge < -0.3 is 5.11 Å². The molecule has 0 bridgehead atoms. The second-order valence-corrected chi connectivity index (χ2v) is 6.66. The fraction of sp³-hybridized carbons (Fsp3) is 0.867. The Kier molecular flexibility index (Phi) is 3.37. The molecule has 0 radical (unpaired) electrons. The van der Waals surface area contributed by atoms with Gasteiger partial charge in [-0.25, -0.2) is 0 Å². The van der Waals surface area contributed by atoms with Crippen molar-refractivity contribution in [2.45, 2.75) is 63.9 Å². The van der Waals surface area contributed by atoms with Gasteiger partial charge in [0.2, 0.25) is 11.8 Å². The molecule has 0 aromatic heterocycles. The average molecular weight is 265 g/mol. The van der Waals surface area contributed by atoms with E-state index >= 15 is 0 Å². The lowest BCUT2D eigenvalue weighted by Gasteiger charge is -2.29. The van der Waals surface area contributed by atoms with E-state index in [-0.39, 0.29) is 23.3 Å². The minimum Gasteiger partial charge on any atom is -0.393 e. The number of nitrogens with zero attached hydrogens (tertiary/aromatic N) is 1. The summed E-state index contributed by atoms with van der Waals surface area (Å²) in [4.78, 5) is 26.2. The van der Waals surface area contributed by atoms with E-state index in [0.29, 0.717) is 18.9 Å². The molecule has 2 aliphatic carbocycles. The lowest BCUT2D eigenvalue weighted by atomic mass is 9.84. The highest BCUT2D eigenvalue weighted by atomic mass is 16.3. The molecule has 2 saturated carbocycles. The quantitative estimate of drug-likeness (QED) is 0.775. The number of carbonyl (C=O) groups excluding carboxylic acids is 2. The summed E-state index contributed by atoms with van der Waals surface area (Å²) >= 11 is 0. The van der Waals surface area contributed by atoms with E-state index in [1.165, 1.54) is 4.90 Å². The van der Waals surface area contributed by atoms with Gasteiger partial charge in [0.05, 0.1) is 11.5 Å². The zero-order valence-corrected chi connectivity index (χ0v) is 11.4. The van der Waals surface area contributed by atoms with Gasteiger partial charge in [-0.2, -0.15) is 0 Å². The minimum absolute atomic E-state index is 0.0203. The number of aliphatic hydroxyl groups is 1. The maximum absolute atomic E-state index is 12.5. The Bertz CT molecular complexity index is 387. The van der Waals surface area contributed by atoms with Crippen LogP contribution in [0.25, 0.3) is 0 Å². The number of hydrogen-bond donors (Lipinski definition) is 1. The molecule has 3 aliphatic rings. The van der Waals surface area contributed by atoms with Crippen LogP contribution in [0.3, 0.4) is 0 Å². The number of likely N-dealkylation sites (tertiary alicyclic amines) is 1. The second kappa shape index (κ2) is 4.89. The highest BCUT2D eigenvalue weighted by molar-refractivity contribution is 6.06. The summed E-state index contributed by atoms with van der Waals surface area (Å²) in [6.07, 6.45) is 7.76. The number of hydrogen-bond acceptors (Lipinski definition) is 3. The van der Waals surface area contributed by atoms with Gasteiger partial charge in [0.1, 0.15) is 0 Å². The molecule has 2 atom stereocenters. The maximum atomic E-state index is 12.5. The topological polar surface area (TPSA) is 57.6 Å². The molecule has 4 nitrogen and oxygen atoms in total. The van der Waals surface area contributed by atoms with Gasteiger partial charge in [-0.05, 0) is 38.0 Å². The Labute approximate surface area is 114 Å². The van der Waals surface area contributed by atoms with E-state index in [1.54, 1.807) is 0 Å². The van der Waals surface area contributed by atoms with Crippen molar-refractivity contribution in [3.05, 3.63) is 0 Å². The molecular formula is C15H23NO3. The third kappa shape index (κ3) is 2.31. The smallest absolute Gasteiger partial charge is 0.235 e. The summed E-state index contributed by atoms with van der Waals surface area (Å²) in [6, 6.07) is 0. The van der Waals surface area contributed by atoms with E-state index in [4.69, 9.17) is 0 Å². The second-order valence-electron chi connectivity index (χ2n) is 6.66. The van der Waals surface area contributed by atoms with Gasteiger partial charge in [0, 0.05) is 13.0 Å². The maximum Gasteiger partial charge on any atom is 0.235 e. The number of carbonyl (C=O) groups is 2. The Balaban J connectivity index is 1.67. The van der Waals surface area contributed by atoms with Crippen molar-refractivity contribution in [2.24, 2.45) is 11.3 Å². The molecule has 2 unspecified atom stereocenters. The Morgan fingerprint density at radius 3 is 2.58 bits per heavy atom. The summed E-state index contributed by atoms with van der Waals surface area (Å²) in [5, 5.41) is 9.70. The van der Waals surface area contributed by atoms with Crippen molar-refractivity contribution < 1.29 is 14.7 Å². The fourth-order valence-corrected chi connectivity index (χ4v) is 4.17. The van der Waals surface area contributed by atoms with Gasteiger partial charge in [-0.1, -0.05) is 19.3 Å². The molecule has 1 saturated heterocycles. The molecule has 0 aromatic carbocycles. The summed E-state index contributed by atoms with van der Waals surface area (Å²) in [5.74, 6) is 0.398. The molecule has 2 amide bonds. The van der Waals surface area contributed by atoms with Crippen LogP contribution in [0.4, 0.5) is 0 Å². The third-order valence-corrected chi connectivity index (χ3v) is 5.25. The zero-order valence-electron chi connectivity index (χ0n) is 11.4. The van der Waals surface area contributed by atoms with Gasteiger partial charge in [-0.3, -0.25) is 14.5 Å². The predicted octanol–water partition coefficient (Wildman–Crippen LogP) is 1.86. The molecule has 1 aliphatic heterocycles. The average Bonchev–Trinajstić information content (AvgIpc) is 2.92. The highest BCUT2D eigenvalue weighted by Crippen LogP contribution is 2.47. The first-order chi connectivity index (χ1) is 9.11. The molecule has 3 rings (SSSR count). The minimum atomic E-state index is -0.343. The largest absolute Gasteiger partial charge is 0.393 e. The molecule has 4 heteroatoms. The van der Waals surface area contributed by atoms with Gasteiger partial charge in [-0.15, -0.1) is 0 Å². The van der Waals surface area contributed by atoms with Crippen LogP contribution < -0.4 is 0 Å². The Morgan fingerprint density at radius 2 is 1.89 bits per heavy atom. The lowest BCUT2D eigenvalue weighted by Crippen LogP contribution is -2.39. The van der Waals surface area contributed by atoms with E-state index < -0.39 is 0 Å². The summed E-state index contributed by atoms with van der Waals surface area (Å²) in [6.45, 7) is 0.538. The molecule has 106 valence electrons. The fourth-order valence-electron chi connectivity index (χ4n) is 4.17. The zero-order chi connectivity index (χ0) is 13.5. The van der Waals surface area contributed by atoms with E-state index in [2.05, 4.69) is 0 Å². The molecule has 3 fully saturated rings. The van der Waals surface area contributed by atoms with Gasteiger partial charge in [0.25, 0.3) is 0 Å². The first-order valence-corrected chi connectivity index (χ1v) is 7.64. The number of aliphatic hydroxyl groups excluding tert-OH is 1. The van der Waals surface area contributed by atoms with Crippen LogP contribution in [0, 0.1) is 11.3 Å². The van der Waals surface area contributed by atoms with Crippen molar-refractivity contribution in [3.8, 4) is 0 Å². The van der Waals surface area contributed by atoms with Crippen LogP contribution in [0.15, 0.2) is 0 Å². The van der Waals surface area contributed by atoms with Crippen molar-refractivity contribution in [1.29, 1.82) is 0 Å². The van der Waals surface area contributed by atoms with Gasteiger partial charge >= 0.3 is 0 Å². The lowest BCUT2D eigenvalue weighted by molar-refractivity contribution is -0.142. The summed E-state index contributed by atoms with van der Waals surface area (Å²) in [5.41, 5.74) is -0.343. The van der Waals surface area contributed by atoms with Crippen molar-refractivity contribution in [2.75, 3.05) is 6.54 Å². The Morgan fingerprint density at radius 1 is 1.16 bits per heavy atom. The van der Waals surface area contributed by atoms with Crippen LogP contribution in [0.1, 0.15) is 57.8 Å². The van der Waals surface area contributed by atoms with Crippen molar-refractivity contribution >= 4 is 11.8 Å². The first-order valence-electron chi connectivity index (χ1n) is 7.64. The van der Waals surface area contributed by atoms with Gasteiger partial charge in [0.15, 0.2) is 0 Å². The normalized spacial score (nSPS) is 34.5. The monoisotopic (exact) mass is 265 g/mol. The SMILES string of the molecule is O=C1CC2(CCCC2)C(=O)N1CC1CCCC(O)C1. The standard InChI is InChI=1S/C15H23NO3/c17-12-5-3-4-11(8-12)10-16-13(18)9-15(14(16)19)6-1-2-7-15/h11-12,17H,1-10H2. The molecule has 0 aromatic rings. The van der Waals surface area contributed by atoms with Crippen LogP contribution in [-0.2, 0) is 9.59 Å². The molecule has 1 N–H and O–H groups in total. The molecular weight excluding hydrogens is 242 g/mol. The molecule has 1 spiro atoms. The van der Waals surface area contributed by atoms with Crippen molar-refractivity contribution in [3.63, 3.8) is 0 Å². The number of imide groups is 1. The van der Waals surface area contributed by atoms with E-state index in [1.807, 2.05) is 0 Å². The Hall–Kier alpha value is -0.900. The van der Waals surface area contributed by atoms with Crippen LogP contribution >= 0.6 is 0 Å². The van der Waals surface area contributed by atoms with Crippen LogP contribution in [-0.4, -0.2) is 34.5 Å². The molecule has 19 heavy (non-hydrogen) atoms. The van der Waals surface area contributed by atoms with Crippen LogP contribution in [0.2, 0.25) is 0 Å². The number of rotatable bonds is 2. The summed E-state index contributed by atoms with van der Waals surface area (Å²) in [7, 11) is 0. The number of amides is 2. The highest BCUT2D eigenvalue weighted by Gasteiger charge is 2.52. The van der Waals surface area contributed by atoms with Crippen molar-refractivity contribution in [1.82, 2.24) is 4.90 Å². The van der Waals surface area contributed by atoms with Crippen LogP contribution in [0.5, 0.6) is 0 Å². The molecule has 1 heterocycles. The van der Waals surface area contributed by atoms with E-state index in [9.17, 15) is 14.7 Å². The third-order valence-electron chi connectivity index (χ3n) is 5.25. The summed E-state index contributed by atoms with van der Waals surface area (Å²) < 4.78 is 0. The first kappa shape index (κ1) is 13.1. The van der Waals surface area contributed by atoms with E-state index in [0.717, 1.165) is 51.4 Å².